The van der Waals surface area contributed by atoms with Gasteiger partial charge in [-0.05, 0) is 62.3 Å². The highest BCUT2D eigenvalue weighted by Gasteiger charge is 2.61. The average molecular weight is 489 g/mol. The minimum atomic E-state index is -5.00. The average Bonchev–Trinajstić information content (AvgIpc) is 3.72. The summed E-state index contributed by atoms with van der Waals surface area (Å²) in [4.78, 5) is 4.45. The fourth-order valence-electron chi connectivity index (χ4n) is 4.88. The van der Waals surface area contributed by atoms with E-state index in [-0.39, 0.29) is 23.1 Å². The maximum absolute atomic E-state index is 15.9. The normalized spacial score (nSPS) is 18.8. The third-order valence-electron chi connectivity index (χ3n) is 7.13. The number of aryl methyl sites for hydroxylation is 1. The summed E-state index contributed by atoms with van der Waals surface area (Å²) in [5.41, 5.74) is -1.13. The molecule has 0 spiro atoms. The van der Waals surface area contributed by atoms with Gasteiger partial charge in [-0.2, -0.15) is 13.2 Å². The van der Waals surface area contributed by atoms with Gasteiger partial charge in [-0.1, -0.05) is 31.0 Å². The Bertz CT molecular complexity index is 1250. The Morgan fingerprint density at radius 3 is 2.46 bits per heavy atom. The summed E-state index contributed by atoms with van der Waals surface area (Å²) in [6.07, 6.45) is -2.53. The molecule has 35 heavy (non-hydrogen) atoms. The Morgan fingerprint density at radius 1 is 1.09 bits per heavy atom. The van der Waals surface area contributed by atoms with Crippen LogP contribution in [-0.4, -0.2) is 29.0 Å². The van der Waals surface area contributed by atoms with Gasteiger partial charge in [0.2, 0.25) is 0 Å². The Hall–Kier alpha value is -2.87. The first-order valence-electron chi connectivity index (χ1n) is 11.9. The number of aromatic nitrogens is 1. The van der Waals surface area contributed by atoms with Crippen molar-refractivity contribution in [2.75, 3.05) is 12.4 Å². The summed E-state index contributed by atoms with van der Waals surface area (Å²) >= 11 is 0. The van der Waals surface area contributed by atoms with E-state index in [1.807, 2.05) is 6.92 Å². The highest BCUT2D eigenvalue weighted by atomic mass is 19.4. The van der Waals surface area contributed by atoms with E-state index in [1.54, 1.807) is 36.4 Å². The van der Waals surface area contributed by atoms with E-state index in [2.05, 4.69) is 10.3 Å². The molecule has 186 valence electrons. The number of methoxy groups -OCH3 is 1. The molecule has 0 aliphatic heterocycles. The lowest BCUT2D eigenvalue weighted by Crippen LogP contribution is -2.53. The Kier molecular flexibility index (Phi) is 5.90. The summed E-state index contributed by atoms with van der Waals surface area (Å²) in [5, 5.41) is 14.8. The monoisotopic (exact) mass is 488 g/mol. The molecule has 2 aromatic carbocycles. The van der Waals surface area contributed by atoms with Gasteiger partial charge in [0.15, 0.2) is 17.2 Å². The van der Waals surface area contributed by atoms with Crippen molar-refractivity contribution in [3.63, 3.8) is 0 Å². The molecule has 0 radical (unpaired) electrons. The topological polar surface area (TPSA) is 54.4 Å². The first-order chi connectivity index (χ1) is 16.6. The van der Waals surface area contributed by atoms with Crippen molar-refractivity contribution >= 4 is 16.6 Å². The minimum absolute atomic E-state index is 0.0528. The SMILES string of the molecule is COc1c(C2CC2)ccc(C(Nc2cccc3nc(C)ccc23)C(O)(CC2CC2)C(F)(F)F)c1F. The van der Waals surface area contributed by atoms with Crippen LogP contribution >= 0.6 is 0 Å². The lowest BCUT2D eigenvalue weighted by Gasteiger charge is -2.39. The molecule has 2 aliphatic carbocycles. The van der Waals surface area contributed by atoms with Gasteiger partial charge >= 0.3 is 6.18 Å². The molecular weight excluding hydrogens is 460 g/mol. The quantitative estimate of drug-likeness (QED) is 0.342. The third-order valence-corrected chi connectivity index (χ3v) is 7.13. The fourth-order valence-corrected chi connectivity index (χ4v) is 4.88. The molecule has 1 heterocycles. The minimum Gasteiger partial charge on any atom is -0.493 e. The van der Waals surface area contributed by atoms with Crippen LogP contribution in [0.4, 0.5) is 23.2 Å². The number of ether oxygens (including phenoxy) is 1. The molecule has 2 saturated carbocycles. The smallest absolute Gasteiger partial charge is 0.419 e. The summed E-state index contributed by atoms with van der Waals surface area (Å²) in [6.45, 7) is 1.82. The van der Waals surface area contributed by atoms with Crippen molar-refractivity contribution in [3.8, 4) is 5.75 Å². The number of alkyl halides is 3. The van der Waals surface area contributed by atoms with Crippen molar-refractivity contribution in [1.29, 1.82) is 0 Å². The number of nitrogens with zero attached hydrogens (tertiary/aromatic N) is 1. The molecular formula is C27H28F4N2O2. The van der Waals surface area contributed by atoms with Crippen LogP contribution in [0.2, 0.25) is 0 Å². The molecule has 0 saturated heterocycles. The van der Waals surface area contributed by atoms with Crippen LogP contribution in [0.25, 0.3) is 10.9 Å². The molecule has 5 rings (SSSR count). The highest BCUT2D eigenvalue weighted by molar-refractivity contribution is 5.91. The highest BCUT2D eigenvalue weighted by Crippen LogP contribution is 2.52. The lowest BCUT2D eigenvalue weighted by molar-refractivity contribution is -0.270. The van der Waals surface area contributed by atoms with Gasteiger partial charge in [0, 0.05) is 27.9 Å². The predicted octanol–water partition coefficient (Wildman–Crippen LogP) is 6.82. The van der Waals surface area contributed by atoms with Crippen molar-refractivity contribution in [3.05, 3.63) is 65.1 Å². The van der Waals surface area contributed by atoms with E-state index in [0.29, 0.717) is 35.0 Å². The van der Waals surface area contributed by atoms with Crippen LogP contribution in [0.3, 0.4) is 0 Å². The fraction of sp³-hybridized carbons (Fsp3) is 0.444. The number of benzene rings is 2. The first-order valence-corrected chi connectivity index (χ1v) is 11.9. The van der Waals surface area contributed by atoms with Crippen molar-refractivity contribution < 1.29 is 27.4 Å². The number of anilines is 1. The van der Waals surface area contributed by atoms with Crippen molar-refractivity contribution in [1.82, 2.24) is 4.98 Å². The molecule has 0 amide bonds. The van der Waals surface area contributed by atoms with Gasteiger partial charge in [-0.25, -0.2) is 4.39 Å². The molecule has 8 heteroatoms. The number of nitrogens with one attached hydrogen (secondary N) is 1. The van der Waals surface area contributed by atoms with Crippen LogP contribution in [-0.2, 0) is 0 Å². The van der Waals surface area contributed by atoms with Crippen molar-refractivity contribution in [2.45, 2.75) is 62.8 Å². The van der Waals surface area contributed by atoms with Gasteiger partial charge in [0.05, 0.1) is 18.7 Å². The molecule has 3 aromatic rings. The van der Waals surface area contributed by atoms with Gasteiger partial charge in [-0.15, -0.1) is 0 Å². The van der Waals surface area contributed by atoms with Crippen molar-refractivity contribution in [2.24, 2.45) is 5.92 Å². The lowest BCUT2D eigenvalue weighted by atomic mass is 9.82. The zero-order valence-corrected chi connectivity index (χ0v) is 19.6. The molecule has 2 fully saturated rings. The summed E-state index contributed by atoms with van der Waals surface area (Å²) in [7, 11) is 1.31. The summed E-state index contributed by atoms with van der Waals surface area (Å²) in [6, 6.07) is 9.77. The van der Waals surface area contributed by atoms with E-state index < -0.39 is 30.1 Å². The largest absolute Gasteiger partial charge is 0.493 e. The van der Waals surface area contributed by atoms with E-state index in [4.69, 9.17) is 4.74 Å². The van der Waals surface area contributed by atoms with Crippen LogP contribution in [0, 0.1) is 18.7 Å². The molecule has 2 unspecified atom stereocenters. The maximum atomic E-state index is 15.9. The van der Waals surface area contributed by atoms with E-state index in [1.165, 1.54) is 13.2 Å². The second-order valence-electron chi connectivity index (χ2n) is 9.84. The molecule has 1 aromatic heterocycles. The van der Waals surface area contributed by atoms with Crippen LogP contribution in [0.5, 0.6) is 5.75 Å². The molecule has 2 N–H and O–H groups in total. The third kappa shape index (κ3) is 4.44. The summed E-state index contributed by atoms with van der Waals surface area (Å²) < 4.78 is 64.9. The second kappa shape index (κ2) is 8.66. The Morgan fingerprint density at radius 2 is 1.83 bits per heavy atom. The Labute approximate surface area is 201 Å². The second-order valence-corrected chi connectivity index (χ2v) is 9.84. The van der Waals surface area contributed by atoms with E-state index in [0.717, 1.165) is 18.5 Å². The molecule has 2 aliphatic rings. The number of fused-ring (bicyclic) bond motifs is 1. The predicted molar refractivity (Wildman–Crippen MR) is 126 cm³/mol. The number of hydrogen-bond donors (Lipinski definition) is 2. The first kappa shape index (κ1) is 23.9. The van der Waals surface area contributed by atoms with Crippen LogP contribution in [0.1, 0.15) is 60.9 Å². The maximum Gasteiger partial charge on any atom is 0.419 e. The Balaban J connectivity index is 1.67. The zero-order chi connectivity index (χ0) is 25.0. The molecule has 4 nitrogen and oxygen atoms in total. The van der Waals surface area contributed by atoms with E-state index in [9.17, 15) is 18.3 Å². The number of rotatable bonds is 8. The number of pyridine rings is 1. The van der Waals surface area contributed by atoms with E-state index >= 15 is 4.39 Å². The number of hydrogen-bond acceptors (Lipinski definition) is 4. The standard InChI is InChI=1S/C27H28F4N2O2/c1-15-6-11-19-21(32-15)4-3-5-22(19)33-25(26(34,27(29,30)31)14-16-7-8-16)20-13-12-18(17-9-10-17)24(35-2)23(20)28/h3-6,11-13,16-17,25,33-34H,7-10,14H2,1-2H3. The van der Waals surface area contributed by atoms with Gasteiger partial charge in [0.1, 0.15) is 0 Å². The number of halogens is 4. The van der Waals surface area contributed by atoms with Crippen LogP contribution < -0.4 is 10.1 Å². The van der Waals surface area contributed by atoms with Gasteiger partial charge in [0.25, 0.3) is 0 Å². The summed E-state index contributed by atoms with van der Waals surface area (Å²) in [5.74, 6) is -1.05. The molecule has 0 bridgehead atoms. The molecule has 2 atom stereocenters. The zero-order valence-electron chi connectivity index (χ0n) is 19.6. The van der Waals surface area contributed by atoms with Gasteiger partial charge in [-0.3, -0.25) is 4.98 Å². The van der Waals surface area contributed by atoms with Crippen LogP contribution in [0.15, 0.2) is 42.5 Å². The number of aliphatic hydroxyl groups is 1. The van der Waals surface area contributed by atoms with Gasteiger partial charge < -0.3 is 15.2 Å².